The molecule has 0 atom stereocenters. The average Bonchev–Trinajstić information content (AvgIpc) is 2.84. The van der Waals surface area contributed by atoms with Crippen molar-refractivity contribution in [3.8, 4) is 33.5 Å². The fraction of sp³-hybridized carbons (Fsp3) is 0. The van der Waals surface area contributed by atoms with Crippen LogP contribution in [0.4, 0.5) is 0 Å². The van der Waals surface area contributed by atoms with Crippen LogP contribution < -0.4 is 0 Å². The van der Waals surface area contributed by atoms with Crippen molar-refractivity contribution >= 4 is 11.3 Å². The van der Waals surface area contributed by atoms with E-state index in [1.54, 1.807) is 11.3 Å². The Morgan fingerprint density at radius 3 is 2.53 bits per heavy atom. The van der Waals surface area contributed by atoms with Gasteiger partial charge in [0.1, 0.15) is 0 Å². The lowest BCUT2D eigenvalue weighted by molar-refractivity contribution is 1.33. The van der Waals surface area contributed by atoms with Crippen LogP contribution in [0.3, 0.4) is 0 Å². The second-order valence-corrected chi connectivity index (χ2v) is 4.87. The first-order valence-corrected chi connectivity index (χ1v) is 6.34. The maximum absolute atomic E-state index is 4.32. The van der Waals surface area contributed by atoms with Crippen LogP contribution in [0, 0.1) is 0 Å². The third kappa shape index (κ3) is 1.40. The smallest absolute Gasteiger partial charge is 0.0716 e. The van der Waals surface area contributed by atoms with Gasteiger partial charge < -0.3 is 0 Å². The normalized spacial score (nSPS) is 11.5. The van der Waals surface area contributed by atoms with E-state index in [1.165, 1.54) is 22.3 Å². The van der Waals surface area contributed by atoms with Crippen molar-refractivity contribution in [2.75, 3.05) is 0 Å². The summed E-state index contributed by atoms with van der Waals surface area (Å²) < 4.78 is 0. The molecule has 2 aliphatic rings. The summed E-state index contributed by atoms with van der Waals surface area (Å²) in [5, 5.41) is 4.23. The zero-order chi connectivity index (χ0) is 11.2. The fourth-order valence-electron chi connectivity index (χ4n) is 2.03. The van der Waals surface area contributed by atoms with Crippen LogP contribution in [0.2, 0.25) is 0 Å². The van der Waals surface area contributed by atoms with Gasteiger partial charge in [-0.2, -0.15) is 11.3 Å². The zero-order valence-corrected chi connectivity index (χ0v) is 9.74. The molecule has 0 amide bonds. The molecule has 2 aromatic heterocycles. The first-order chi connectivity index (χ1) is 8.42. The summed E-state index contributed by atoms with van der Waals surface area (Å²) in [4.78, 5) is 8.62. The van der Waals surface area contributed by atoms with Gasteiger partial charge in [0.05, 0.1) is 5.69 Å². The summed E-state index contributed by atoms with van der Waals surface area (Å²) in [6.45, 7) is 0. The second-order valence-electron chi connectivity index (χ2n) is 4.09. The molecule has 0 N–H and O–H groups in total. The highest BCUT2D eigenvalue weighted by Crippen LogP contribution is 2.41. The molecule has 0 saturated heterocycles. The summed E-state index contributed by atoms with van der Waals surface area (Å²) in [5.74, 6) is 0. The van der Waals surface area contributed by atoms with Crippen molar-refractivity contribution in [3.05, 3.63) is 47.5 Å². The Morgan fingerprint density at radius 1 is 0.882 bits per heavy atom. The molecule has 1 aliphatic heterocycles. The van der Waals surface area contributed by atoms with E-state index in [4.69, 9.17) is 0 Å². The Morgan fingerprint density at radius 2 is 1.82 bits per heavy atom. The van der Waals surface area contributed by atoms with Gasteiger partial charge in [0.2, 0.25) is 0 Å². The molecule has 4 rings (SSSR count). The van der Waals surface area contributed by atoms with E-state index in [2.05, 4.69) is 38.9 Å². The van der Waals surface area contributed by atoms with Crippen LogP contribution >= 0.6 is 11.3 Å². The standard InChI is InChI=1S/C14H8N2S/c1-2-17-8-9(1)10-3-11(6-15-5-10)13-7-16-14-4-12(13)14/h1-8H. The highest BCUT2D eigenvalue weighted by atomic mass is 32.1. The Labute approximate surface area is 103 Å². The molecule has 0 fully saturated rings. The zero-order valence-electron chi connectivity index (χ0n) is 8.92. The minimum absolute atomic E-state index is 1.13. The largest absolute Gasteiger partial charge is 0.263 e. The molecule has 3 heteroatoms. The summed E-state index contributed by atoms with van der Waals surface area (Å²) >= 11 is 1.70. The quantitative estimate of drug-likeness (QED) is 0.528. The lowest BCUT2D eigenvalue weighted by Crippen LogP contribution is -1.81. The predicted octanol–water partition coefficient (Wildman–Crippen LogP) is 3.85. The number of hydrogen-bond donors (Lipinski definition) is 0. The third-order valence-corrected chi connectivity index (χ3v) is 3.68. The first-order valence-electron chi connectivity index (χ1n) is 5.40. The molecule has 0 saturated carbocycles. The van der Waals surface area contributed by atoms with Crippen molar-refractivity contribution in [2.45, 2.75) is 0 Å². The maximum Gasteiger partial charge on any atom is 0.0716 e. The topological polar surface area (TPSA) is 25.8 Å². The Bertz CT molecular complexity index is 702. The van der Waals surface area contributed by atoms with Gasteiger partial charge >= 0.3 is 0 Å². The van der Waals surface area contributed by atoms with Crippen molar-refractivity contribution in [3.63, 3.8) is 0 Å². The Kier molecular flexibility index (Phi) is 1.73. The maximum atomic E-state index is 4.32. The van der Waals surface area contributed by atoms with Crippen LogP contribution in [-0.4, -0.2) is 9.97 Å². The van der Waals surface area contributed by atoms with E-state index < -0.39 is 0 Å². The number of aromatic nitrogens is 2. The number of nitrogens with zero attached hydrogens (tertiary/aromatic N) is 2. The summed E-state index contributed by atoms with van der Waals surface area (Å²) in [5.41, 5.74) is 7.14. The minimum atomic E-state index is 1.13. The van der Waals surface area contributed by atoms with Crippen molar-refractivity contribution in [1.29, 1.82) is 0 Å². The monoisotopic (exact) mass is 236 g/mol. The van der Waals surface area contributed by atoms with E-state index in [0.29, 0.717) is 0 Å². The number of hydrogen-bond acceptors (Lipinski definition) is 3. The van der Waals surface area contributed by atoms with Gasteiger partial charge in [0.25, 0.3) is 0 Å². The number of pyridine rings is 2. The Balaban J connectivity index is 1.83. The van der Waals surface area contributed by atoms with Crippen LogP contribution in [0.25, 0.3) is 33.5 Å². The van der Waals surface area contributed by atoms with E-state index in [9.17, 15) is 0 Å². The molecule has 2 aromatic rings. The van der Waals surface area contributed by atoms with Crippen LogP contribution in [0.1, 0.15) is 0 Å². The SMILES string of the molecule is c1cc(-c2cncc(-c3cnc4cc3-4)c2)cs1. The van der Waals surface area contributed by atoms with E-state index >= 15 is 0 Å². The fourth-order valence-corrected chi connectivity index (χ4v) is 2.70. The Hall–Kier alpha value is -2.00. The van der Waals surface area contributed by atoms with E-state index in [-0.39, 0.29) is 0 Å². The van der Waals surface area contributed by atoms with Crippen LogP contribution in [0.15, 0.2) is 47.5 Å². The summed E-state index contributed by atoms with van der Waals surface area (Å²) in [6, 6.07) is 6.40. The second kappa shape index (κ2) is 3.25. The molecular formula is C14H8N2S. The molecule has 17 heavy (non-hydrogen) atoms. The van der Waals surface area contributed by atoms with E-state index in [0.717, 1.165) is 11.3 Å². The highest BCUT2D eigenvalue weighted by molar-refractivity contribution is 7.08. The molecule has 3 heterocycles. The van der Waals surface area contributed by atoms with Gasteiger partial charge in [-0.3, -0.25) is 9.97 Å². The molecule has 2 nitrogen and oxygen atoms in total. The van der Waals surface area contributed by atoms with Crippen LogP contribution in [0.5, 0.6) is 0 Å². The molecular weight excluding hydrogens is 228 g/mol. The van der Waals surface area contributed by atoms with Crippen molar-refractivity contribution in [1.82, 2.24) is 9.97 Å². The number of thiophene rings is 1. The molecule has 1 aliphatic carbocycles. The highest BCUT2D eigenvalue weighted by Gasteiger charge is 2.20. The molecule has 80 valence electrons. The average molecular weight is 236 g/mol. The minimum Gasteiger partial charge on any atom is -0.263 e. The molecule has 0 aromatic carbocycles. The number of fused-ring (bicyclic) bond motifs is 1. The number of rotatable bonds is 2. The molecule has 0 bridgehead atoms. The predicted molar refractivity (Wildman–Crippen MR) is 69.8 cm³/mol. The van der Waals surface area contributed by atoms with Crippen molar-refractivity contribution < 1.29 is 0 Å². The van der Waals surface area contributed by atoms with Gasteiger partial charge in [-0.05, 0) is 34.5 Å². The van der Waals surface area contributed by atoms with Gasteiger partial charge in [-0.25, -0.2) is 0 Å². The first kappa shape index (κ1) is 9.07. The lowest BCUT2D eigenvalue weighted by atomic mass is 10.1. The van der Waals surface area contributed by atoms with Gasteiger partial charge in [0, 0.05) is 40.8 Å². The summed E-state index contributed by atoms with van der Waals surface area (Å²) in [7, 11) is 0. The molecule has 0 spiro atoms. The van der Waals surface area contributed by atoms with E-state index in [1.807, 2.05) is 18.6 Å². The third-order valence-electron chi connectivity index (χ3n) is 3.00. The lowest BCUT2D eigenvalue weighted by Gasteiger charge is -2.01. The van der Waals surface area contributed by atoms with Gasteiger partial charge in [-0.1, -0.05) is 0 Å². The summed E-state index contributed by atoms with van der Waals surface area (Å²) in [6.07, 6.45) is 5.74. The van der Waals surface area contributed by atoms with Gasteiger partial charge in [-0.15, -0.1) is 0 Å². The van der Waals surface area contributed by atoms with Crippen LogP contribution in [-0.2, 0) is 0 Å². The molecule has 0 unspecified atom stereocenters. The molecule has 0 radical (unpaired) electrons. The van der Waals surface area contributed by atoms with Gasteiger partial charge in [0.15, 0.2) is 0 Å². The van der Waals surface area contributed by atoms with Crippen molar-refractivity contribution in [2.24, 2.45) is 0 Å².